The van der Waals surface area contributed by atoms with Gasteiger partial charge >= 0.3 is 0 Å². The van der Waals surface area contributed by atoms with Crippen LogP contribution in [-0.4, -0.2) is 11.0 Å². The number of nitrogens with two attached hydrogens (primary N) is 1. The van der Waals surface area contributed by atoms with E-state index in [2.05, 4.69) is 21.4 Å². The summed E-state index contributed by atoms with van der Waals surface area (Å²) in [7, 11) is 0. The van der Waals surface area contributed by atoms with Crippen molar-refractivity contribution in [2.75, 3.05) is 5.75 Å². The number of hydrazine groups is 1. The standard InChI is InChI=1S/C12H16BrFN2S/c13-9-5-3-4-8(11(9)14)12(16-15)10-6-1-2-7-17-10/h3-5,10,12,16H,1-2,6-7,15H2. The molecule has 2 atom stereocenters. The van der Waals surface area contributed by atoms with E-state index in [4.69, 9.17) is 5.84 Å². The zero-order valence-corrected chi connectivity index (χ0v) is 11.9. The lowest BCUT2D eigenvalue weighted by Gasteiger charge is -2.29. The molecule has 17 heavy (non-hydrogen) atoms. The lowest BCUT2D eigenvalue weighted by atomic mass is 9.99. The summed E-state index contributed by atoms with van der Waals surface area (Å²) in [6.07, 6.45) is 3.54. The van der Waals surface area contributed by atoms with Crippen LogP contribution in [0.25, 0.3) is 0 Å². The molecule has 0 amide bonds. The minimum atomic E-state index is -0.207. The predicted molar refractivity (Wildman–Crippen MR) is 74.3 cm³/mol. The van der Waals surface area contributed by atoms with Gasteiger partial charge in [0.05, 0.1) is 10.5 Å². The highest BCUT2D eigenvalue weighted by molar-refractivity contribution is 9.10. The Morgan fingerprint density at radius 3 is 2.94 bits per heavy atom. The van der Waals surface area contributed by atoms with Crippen LogP contribution < -0.4 is 11.3 Å². The lowest BCUT2D eigenvalue weighted by Crippen LogP contribution is -2.36. The average Bonchev–Trinajstić information content (AvgIpc) is 2.37. The SMILES string of the molecule is NNC(c1cccc(Br)c1F)C1CCCCS1. The molecule has 2 nitrogen and oxygen atoms in total. The van der Waals surface area contributed by atoms with Crippen LogP contribution in [0.2, 0.25) is 0 Å². The topological polar surface area (TPSA) is 38.0 Å². The monoisotopic (exact) mass is 318 g/mol. The van der Waals surface area contributed by atoms with Crippen molar-refractivity contribution in [1.29, 1.82) is 0 Å². The molecule has 1 aromatic rings. The molecule has 94 valence electrons. The summed E-state index contributed by atoms with van der Waals surface area (Å²) in [5, 5.41) is 0.359. The Kier molecular flexibility index (Phi) is 4.85. The second-order valence-corrected chi connectivity index (χ2v) is 6.39. The van der Waals surface area contributed by atoms with Gasteiger partial charge < -0.3 is 0 Å². The van der Waals surface area contributed by atoms with Gasteiger partial charge in [-0.25, -0.2) is 4.39 Å². The van der Waals surface area contributed by atoms with Crippen molar-refractivity contribution in [3.63, 3.8) is 0 Å². The first-order valence-electron chi connectivity index (χ1n) is 5.75. The van der Waals surface area contributed by atoms with E-state index in [-0.39, 0.29) is 11.9 Å². The van der Waals surface area contributed by atoms with Crippen LogP contribution in [0.3, 0.4) is 0 Å². The molecule has 1 aliphatic heterocycles. The number of thioether (sulfide) groups is 1. The van der Waals surface area contributed by atoms with Crippen molar-refractivity contribution in [3.8, 4) is 0 Å². The summed E-state index contributed by atoms with van der Waals surface area (Å²) in [5.74, 6) is 6.54. The van der Waals surface area contributed by atoms with Crippen LogP contribution in [-0.2, 0) is 0 Å². The zero-order chi connectivity index (χ0) is 12.3. The third-order valence-electron chi connectivity index (χ3n) is 3.08. The van der Waals surface area contributed by atoms with Crippen molar-refractivity contribution >= 4 is 27.7 Å². The summed E-state index contributed by atoms with van der Waals surface area (Å²) >= 11 is 5.10. The van der Waals surface area contributed by atoms with E-state index in [9.17, 15) is 4.39 Å². The van der Waals surface area contributed by atoms with E-state index in [0.717, 1.165) is 12.2 Å². The summed E-state index contributed by atoms with van der Waals surface area (Å²) in [5.41, 5.74) is 3.43. The van der Waals surface area contributed by atoms with Crippen LogP contribution in [0.1, 0.15) is 30.9 Å². The molecule has 0 radical (unpaired) electrons. The molecular formula is C12H16BrFN2S. The number of halogens is 2. The normalized spacial score (nSPS) is 22.4. The van der Waals surface area contributed by atoms with Crippen molar-refractivity contribution in [2.24, 2.45) is 5.84 Å². The maximum absolute atomic E-state index is 14.0. The van der Waals surface area contributed by atoms with E-state index >= 15 is 0 Å². The Balaban J connectivity index is 2.24. The number of rotatable bonds is 3. The van der Waals surface area contributed by atoms with E-state index in [1.807, 2.05) is 17.8 Å². The second-order valence-electron chi connectivity index (χ2n) is 4.19. The van der Waals surface area contributed by atoms with E-state index in [1.165, 1.54) is 12.8 Å². The minimum Gasteiger partial charge on any atom is -0.271 e. The van der Waals surface area contributed by atoms with E-state index < -0.39 is 0 Å². The molecule has 1 fully saturated rings. The molecule has 2 rings (SSSR count). The van der Waals surface area contributed by atoms with Crippen LogP contribution in [0.5, 0.6) is 0 Å². The number of nitrogens with one attached hydrogen (secondary N) is 1. The van der Waals surface area contributed by atoms with Gasteiger partial charge in [0.15, 0.2) is 0 Å². The van der Waals surface area contributed by atoms with Gasteiger partial charge in [0.2, 0.25) is 0 Å². The third kappa shape index (κ3) is 3.02. The van der Waals surface area contributed by atoms with Gasteiger partial charge in [-0.2, -0.15) is 11.8 Å². The summed E-state index contributed by atoms with van der Waals surface area (Å²) in [6, 6.07) is 5.25. The Morgan fingerprint density at radius 2 is 2.29 bits per heavy atom. The van der Waals surface area contributed by atoms with Gasteiger partial charge in [-0.3, -0.25) is 11.3 Å². The lowest BCUT2D eigenvalue weighted by molar-refractivity contribution is 0.467. The second kappa shape index (κ2) is 6.18. The maximum atomic E-state index is 14.0. The van der Waals surface area contributed by atoms with Crippen molar-refractivity contribution in [2.45, 2.75) is 30.6 Å². The molecule has 3 N–H and O–H groups in total. The first kappa shape index (κ1) is 13.3. The molecule has 1 heterocycles. The van der Waals surface area contributed by atoms with Crippen LogP contribution in [0.4, 0.5) is 4.39 Å². The Labute approximate surface area is 114 Å². The van der Waals surface area contributed by atoms with Gasteiger partial charge in [0.1, 0.15) is 5.82 Å². The quantitative estimate of drug-likeness (QED) is 0.663. The summed E-state index contributed by atoms with van der Waals surface area (Å²) < 4.78 is 14.5. The molecule has 1 aromatic carbocycles. The van der Waals surface area contributed by atoms with Gasteiger partial charge in [-0.15, -0.1) is 0 Å². The number of hydrogen-bond acceptors (Lipinski definition) is 3. The van der Waals surface area contributed by atoms with E-state index in [0.29, 0.717) is 15.3 Å². The first-order valence-corrected chi connectivity index (χ1v) is 7.60. The Morgan fingerprint density at radius 1 is 1.47 bits per heavy atom. The molecule has 0 spiro atoms. The molecule has 2 unspecified atom stereocenters. The van der Waals surface area contributed by atoms with Gasteiger partial charge in [0, 0.05) is 10.8 Å². The van der Waals surface area contributed by atoms with Gasteiger partial charge in [-0.1, -0.05) is 18.6 Å². The summed E-state index contributed by atoms with van der Waals surface area (Å²) in [6.45, 7) is 0. The van der Waals surface area contributed by atoms with Crippen LogP contribution >= 0.6 is 27.7 Å². The number of benzene rings is 1. The average molecular weight is 319 g/mol. The van der Waals surface area contributed by atoms with Crippen LogP contribution in [0.15, 0.2) is 22.7 Å². The highest BCUT2D eigenvalue weighted by Gasteiger charge is 2.27. The molecule has 0 saturated carbocycles. The molecule has 1 aliphatic rings. The fourth-order valence-corrected chi connectivity index (χ4v) is 3.99. The predicted octanol–water partition coefficient (Wildman–Crippen LogP) is 3.38. The zero-order valence-electron chi connectivity index (χ0n) is 9.46. The highest BCUT2D eigenvalue weighted by Crippen LogP contribution is 2.36. The highest BCUT2D eigenvalue weighted by atomic mass is 79.9. The first-order chi connectivity index (χ1) is 8.24. The molecule has 5 heteroatoms. The molecule has 1 saturated heterocycles. The molecular weight excluding hydrogens is 303 g/mol. The third-order valence-corrected chi connectivity index (χ3v) is 5.16. The molecule has 0 aliphatic carbocycles. The van der Waals surface area contributed by atoms with Crippen molar-refractivity contribution < 1.29 is 4.39 Å². The minimum absolute atomic E-state index is 0.113. The summed E-state index contributed by atoms with van der Waals surface area (Å²) in [4.78, 5) is 0. The largest absolute Gasteiger partial charge is 0.271 e. The van der Waals surface area contributed by atoms with Gasteiger partial charge in [-0.05, 0) is 40.6 Å². The fraction of sp³-hybridized carbons (Fsp3) is 0.500. The Hall–Kier alpha value is -0.100. The smallest absolute Gasteiger partial charge is 0.142 e. The van der Waals surface area contributed by atoms with Gasteiger partial charge in [0.25, 0.3) is 0 Å². The Bertz CT molecular complexity index is 383. The van der Waals surface area contributed by atoms with Crippen LogP contribution in [0, 0.1) is 5.82 Å². The molecule has 0 bridgehead atoms. The van der Waals surface area contributed by atoms with Crippen molar-refractivity contribution in [1.82, 2.24) is 5.43 Å². The van der Waals surface area contributed by atoms with Crippen molar-refractivity contribution in [3.05, 3.63) is 34.1 Å². The fourth-order valence-electron chi connectivity index (χ4n) is 2.19. The maximum Gasteiger partial charge on any atom is 0.142 e. The van der Waals surface area contributed by atoms with E-state index in [1.54, 1.807) is 12.1 Å². The number of hydrogen-bond donors (Lipinski definition) is 2. The molecule has 0 aromatic heterocycles.